The van der Waals surface area contributed by atoms with Gasteiger partial charge in [-0.1, -0.05) is 62.3 Å². The first-order chi connectivity index (χ1) is 21.3. The van der Waals surface area contributed by atoms with E-state index in [0.29, 0.717) is 0 Å². The Kier molecular flexibility index (Phi) is 13.2. The molecule has 0 aromatic carbocycles. The number of aliphatic hydroxyl groups is 4. The predicted molar refractivity (Wildman–Crippen MR) is 166 cm³/mol. The second-order valence-electron chi connectivity index (χ2n) is 14.8. The molecule has 45 heavy (non-hydrogen) atoms. The van der Waals surface area contributed by atoms with Crippen LogP contribution in [0.25, 0.3) is 0 Å². The van der Waals surface area contributed by atoms with E-state index in [9.17, 15) is 20.4 Å². The number of aliphatic hydroxyl groups excluding tert-OH is 4. The molecule has 11 nitrogen and oxygen atoms in total. The van der Waals surface area contributed by atoms with Crippen molar-refractivity contribution in [3.8, 4) is 0 Å². The van der Waals surface area contributed by atoms with E-state index in [0.717, 1.165) is 0 Å². The van der Waals surface area contributed by atoms with E-state index in [4.69, 9.17) is 33.2 Å². The van der Waals surface area contributed by atoms with Crippen molar-refractivity contribution in [2.75, 3.05) is 26.4 Å². The second kappa shape index (κ2) is 15.8. The van der Waals surface area contributed by atoms with Gasteiger partial charge in [0.1, 0.15) is 18.3 Å². The van der Waals surface area contributed by atoms with Gasteiger partial charge in [0.15, 0.2) is 18.9 Å². The molecule has 4 heterocycles. The van der Waals surface area contributed by atoms with Crippen LogP contribution in [-0.4, -0.2) is 115 Å². The Morgan fingerprint density at radius 3 is 1.04 bits per heavy atom. The van der Waals surface area contributed by atoms with Crippen molar-refractivity contribution in [2.45, 2.75) is 137 Å². The zero-order valence-electron chi connectivity index (χ0n) is 29.0. The molecule has 264 valence electrons. The van der Waals surface area contributed by atoms with Gasteiger partial charge in [0.2, 0.25) is 0 Å². The number of ether oxygens (including phenoxy) is 7. The molecule has 0 aromatic heterocycles. The van der Waals surface area contributed by atoms with E-state index in [1.54, 1.807) is 0 Å². The molecule has 4 saturated heterocycles. The summed E-state index contributed by atoms with van der Waals surface area (Å²) in [5.74, 6) is 0.669. The third-order valence-corrected chi connectivity index (χ3v) is 12.3. The zero-order chi connectivity index (χ0) is 33.3. The molecule has 4 fully saturated rings. The van der Waals surface area contributed by atoms with Crippen LogP contribution in [0.3, 0.4) is 0 Å². The monoisotopic (exact) mass is 646 g/mol. The van der Waals surface area contributed by atoms with E-state index in [-0.39, 0.29) is 98.0 Å². The van der Waals surface area contributed by atoms with Crippen LogP contribution in [-0.2, 0) is 33.2 Å². The Bertz CT molecular complexity index is 901. The van der Waals surface area contributed by atoms with Crippen molar-refractivity contribution in [3.05, 3.63) is 0 Å². The van der Waals surface area contributed by atoms with Gasteiger partial charge < -0.3 is 53.6 Å². The number of hydrogen-bond donors (Lipinski definition) is 4. The Balaban J connectivity index is 1.43. The van der Waals surface area contributed by atoms with Gasteiger partial charge >= 0.3 is 0 Å². The van der Waals surface area contributed by atoms with Crippen molar-refractivity contribution in [1.29, 1.82) is 0 Å². The normalized spacial score (nSPS) is 52.9. The fraction of sp³-hybridized carbons (Fsp3) is 1.00. The van der Waals surface area contributed by atoms with E-state index in [2.05, 4.69) is 55.4 Å². The average Bonchev–Trinajstić information content (AvgIpc) is 3.03. The summed E-state index contributed by atoms with van der Waals surface area (Å²) in [4.78, 5) is 0. The molecular formula is C34H62O11. The van der Waals surface area contributed by atoms with Crippen LogP contribution in [0.4, 0.5) is 0 Å². The minimum Gasteiger partial charge on any atom is -0.394 e. The third kappa shape index (κ3) is 7.59. The summed E-state index contributed by atoms with van der Waals surface area (Å²) in [5.41, 5.74) is 0. The SMILES string of the molecule is CC1[C@H](O[C@H]2C(CO)O[C@@H](O[C@H]3C(CO)O[C@@H](O[C@H]4C(CO)O[C@@H](C)C(C)[C@H]4C)C(C)[C@H]3C)C(C)[C@H]2C)OC(CO)[C@H](C)[C@@H]1C. The van der Waals surface area contributed by atoms with Gasteiger partial charge in [-0.2, -0.15) is 0 Å². The van der Waals surface area contributed by atoms with Crippen LogP contribution in [0.5, 0.6) is 0 Å². The van der Waals surface area contributed by atoms with Crippen LogP contribution in [0.15, 0.2) is 0 Å². The summed E-state index contributed by atoms with van der Waals surface area (Å²) < 4.78 is 44.7. The summed E-state index contributed by atoms with van der Waals surface area (Å²) in [7, 11) is 0. The third-order valence-electron chi connectivity index (χ3n) is 12.3. The Morgan fingerprint density at radius 1 is 0.356 bits per heavy atom. The van der Waals surface area contributed by atoms with Gasteiger partial charge in [0.05, 0.1) is 56.9 Å². The molecule has 20 atom stereocenters. The van der Waals surface area contributed by atoms with Crippen molar-refractivity contribution < 1.29 is 53.6 Å². The first-order valence-electron chi connectivity index (χ1n) is 17.3. The van der Waals surface area contributed by atoms with Crippen LogP contribution in [0.2, 0.25) is 0 Å². The van der Waals surface area contributed by atoms with Crippen molar-refractivity contribution in [2.24, 2.45) is 53.3 Å². The minimum atomic E-state index is -0.659. The minimum absolute atomic E-state index is 0.0134. The fourth-order valence-electron chi connectivity index (χ4n) is 7.76. The highest BCUT2D eigenvalue weighted by Crippen LogP contribution is 2.43. The van der Waals surface area contributed by atoms with Gasteiger partial charge in [-0.05, 0) is 42.4 Å². The smallest absolute Gasteiger partial charge is 0.161 e. The lowest BCUT2D eigenvalue weighted by atomic mass is 9.78. The van der Waals surface area contributed by atoms with Crippen LogP contribution in [0.1, 0.15) is 69.2 Å². The van der Waals surface area contributed by atoms with Crippen LogP contribution >= 0.6 is 0 Å². The molecule has 4 aliphatic heterocycles. The van der Waals surface area contributed by atoms with E-state index < -0.39 is 49.4 Å². The molecule has 4 rings (SSSR count). The molecule has 0 spiro atoms. The molecule has 0 saturated carbocycles. The molecule has 8 unspecified atom stereocenters. The van der Waals surface area contributed by atoms with Gasteiger partial charge in [-0.3, -0.25) is 0 Å². The lowest BCUT2D eigenvalue weighted by molar-refractivity contribution is -0.359. The summed E-state index contributed by atoms with van der Waals surface area (Å²) in [5, 5.41) is 40.8. The average molecular weight is 647 g/mol. The van der Waals surface area contributed by atoms with Crippen molar-refractivity contribution in [1.82, 2.24) is 0 Å². The predicted octanol–water partition coefficient (Wildman–Crippen LogP) is 2.80. The topological polar surface area (TPSA) is 146 Å². The van der Waals surface area contributed by atoms with E-state index in [1.807, 2.05) is 13.8 Å². The van der Waals surface area contributed by atoms with Crippen molar-refractivity contribution >= 4 is 0 Å². The van der Waals surface area contributed by atoms with Crippen LogP contribution in [0, 0.1) is 53.3 Å². The first kappa shape index (κ1) is 37.4. The van der Waals surface area contributed by atoms with Gasteiger partial charge in [-0.15, -0.1) is 0 Å². The molecular weight excluding hydrogens is 584 g/mol. The maximum atomic E-state index is 10.4. The molecule has 0 radical (unpaired) electrons. The molecule has 0 bridgehead atoms. The maximum Gasteiger partial charge on any atom is 0.161 e. The Hall–Kier alpha value is -0.440. The first-order valence-corrected chi connectivity index (χ1v) is 17.3. The zero-order valence-corrected chi connectivity index (χ0v) is 29.0. The van der Waals surface area contributed by atoms with Gasteiger partial charge in [-0.25, -0.2) is 0 Å². The molecule has 4 N–H and O–H groups in total. The summed E-state index contributed by atoms with van der Waals surface area (Å²) in [6, 6.07) is 0. The Labute approximate surface area is 270 Å². The second-order valence-corrected chi connectivity index (χ2v) is 14.8. The number of rotatable bonds is 10. The highest BCUT2D eigenvalue weighted by Gasteiger charge is 2.51. The summed E-state index contributed by atoms with van der Waals surface area (Å²) >= 11 is 0. The standard InChI is InChI=1S/C34H62O11/c1-15-17(3)25(11-35)40-32(21(15)7)44-30-19(5)23(9)34(42-27(30)13-37)45-31-20(6)22(8)33(41-28(31)14-38)43-29-18(4)16(2)24(10)39-26(29)12-36/h15-38H,11-14H2,1-10H3/t15-,16?,17+,18+,19+,20+,21?,22?,23?,24-,25?,26?,27?,28?,29+,30+,31+,32-,33-,34-/m0/s1. The molecule has 0 aromatic rings. The van der Waals surface area contributed by atoms with E-state index in [1.165, 1.54) is 0 Å². The van der Waals surface area contributed by atoms with Crippen LogP contribution < -0.4 is 0 Å². The molecule has 11 heteroatoms. The van der Waals surface area contributed by atoms with Gasteiger partial charge in [0, 0.05) is 17.8 Å². The number of hydrogen-bond acceptors (Lipinski definition) is 11. The van der Waals surface area contributed by atoms with Gasteiger partial charge in [0.25, 0.3) is 0 Å². The van der Waals surface area contributed by atoms with Crippen molar-refractivity contribution in [3.63, 3.8) is 0 Å². The molecule has 4 aliphatic rings. The lowest BCUT2D eigenvalue weighted by Gasteiger charge is -2.51. The maximum absolute atomic E-state index is 10.4. The fourth-order valence-corrected chi connectivity index (χ4v) is 7.76. The summed E-state index contributed by atoms with van der Waals surface area (Å²) in [6.45, 7) is 20.1. The summed E-state index contributed by atoms with van der Waals surface area (Å²) in [6.07, 6.45) is -5.12. The Morgan fingerprint density at radius 2 is 0.667 bits per heavy atom. The molecule has 0 aliphatic carbocycles. The quantitative estimate of drug-likeness (QED) is 0.278. The lowest BCUT2D eigenvalue weighted by Crippen LogP contribution is -2.60. The molecule has 0 amide bonds. The van der Waals surface area contributed by atoms with E-state index >= 15 is 0 Å². The highest BCUT2D eigenvalue weighted by molar-refractivity contribution is 4.93. The highest BCUT2D eigenvalue weighted by atomic mass is 16.7. The largest absolute Gasteiger partial charge is 0.394 e.